The molecule has 0 unspecified atom stereocenters. The lowest BCUT2D eigenvalue weighted by Crippen LogP contribution is -2.03. The van der Waals surface area contributed by atoms with Crippen LogP contribution in [0.15, 0.2) is 41.3 Å². The van der Waals surface area contributed by atoms with Gasteiger partial charge in [-0.15, -0.1) is 11.8 Å². The number of benzene rings is 1. The van der Waals surface area contributed by atoms with Crippen molar-refractivity contribution in [1.29, 1.82) is 0 Å². The molecule has 2 N–H and O–H groups in total. The second kappa shape index (κ2) is 5.04. The molecule has 0 aliphatic carbocycles. The van der Waals surface area contributed by atoms with E-state index in [2.05, 4.69) is 6.58 Å². The van der Waals surface area contributed by atoms with Gasteiger partial charge in [-0.05, 0) is 18.2 Å². The predicted molar refractivity (Wildman–Crippen MR) is 55.3 cm³/mol. The van der Waals surface area contributed by atoms with Gasteiger partial charge in [-0.1, -0.05) is 18.2 Å². The molecule has 1 nitrogen and oxygen atoms in total. The molecule has 0 fully saturated rings. The minimum atomic E-state index is -0.205. The first kappa shape index (κ1) is 10.3. The van der Waals surface area contributed by atoms with Crippen LogP contribution in [0.1, 0.15) is 0 Å². The molecule has 0 radical (unpaired) electrons. The third-order valence-corrected chi connectivity index (χ3v) is 2.67. The van der Waals surface area contributed by atoms with Crippen LogP contribution in [0.2, 0.25) is 0 Å². The molecule has 70 valence electrons. The second-order valence-electron chi connectivity index (χ2n) is 2.70. The Morgan fingerprint density at radius 1 is 1.54 bits per heavy atom. The molecule has 0 amide bonds. The Morgan fingerprint density at radius 3 is 2.92 bits per heavy atom. The fraction of sp³-hybridized carbons (Fsp3) is 0.200. The quantitative estimate of drug-likeness (QED) is 0.592. The molecule has 13 heavy (non-hydrogen) atoms. The Hall–Kier alpha value is -0.800. The molecule has 0 spiro atoms. The number of rotatable bonds is 4. The summed E-state index contributed by atoms with van der Waals surface area (Å²) in [5, 5.41) is 0. The first-order valence-corrected chi connectivity index (χ1v) is 4.96. The maximum Gasteiger partial charge on any atom is 0.124 e. The molecule has 0 bridgehead atoms. The molecule has 0 aromatic heterocycles. The minimum Gasteiger partial charge on any atom is -0.327 e. The van der Waals surface area contributed by atoms with Crippen molar-refractivity contribution in [2.75, 3.05) is 12.3 Å². The second-order valence-corrected chi connectivity index (χ2v) is 3.75. The van der Waals surface area contributed by atoms with Crippen LogP contribution < -0.4 is 5.73 Å². The summed E-state index contributed by atoms with van der Waals surface area (Å²) in [5.41, 5.74) is 6.35. The molecule has 1 rings (SSSR count). The number of nitrogens with two attached hydrogens (primary N) is 1. The van der Waals surface area contributed by atoms with Gasteiger partial charge in [0.2, 0.25) is 0 Å². The van der Waals surface area contributed by atoms with Gasteiger partial charge in [-0.25, -0.2) is 4.39 Å². The summed E-state index contributed by atoms with van der Waals surface area (Å²) in [5.74, 6) is 0.545. The van der Waals surface area contributed by atoms with Crippen molar-refractivity contribution in [3.63, 3.8) is 0 Å². The van der Waals surface area contributed by atoms with E-state index in [-0.39, 0.29) is 5.82 Å². The Bertz CT molecular complexity index is 299. The predicted octanol–water partition coefficient (Wildman–Crippen LogP) is 2.43. The van der Waals surface area contributed by atoms with Gasteiger partial charge in [0.1, 0.15) is 5.82 Å². The summed E-state index contributed by atoms with van der Waals surface area (Å²) in [4.78, 5) is 0.912. The van der Waals surface area contributed by atoms with E-state index in [4.69, 9.17) is 5.73 Å². The number of halogens is 1. The van der Waals surface area contributed by atoms with Gasteiger partial charge in [-0.3, -0.25) is 0 Å². The van der Waals surface area contributed by atoms with Crippen molar-refractivity contribution >= 4 is 11.8 Å². The van der Waals surface area contributed by atoms with Gasteiger partial charge in [-0.2, -0.15) is 0 Å². The summed E-state index contributed by atoms with van der Waals surface area (Å²) in [6, 6.07) is 6.51. The molecule has 1 aromatic rings. The van der Waals surface area contributed by atoms with E-state index < -0.39 is 0 Å². The zero-order valence-electron chi connectivity index (χ0n) is 7.29. The lowest BCUT2D eigenvalue weighted by atomic mass is 10.3. The van der Waals surface area contributed by atoms with Crippen LogP contribution in [0.25, 0.3) is 0 Å². The van der Waals surface area contributed by atoms with Gasteiger partial charge in [0.05, 0.1) is 0 Å². The Morgan fingerprint density at radius 2 is 2.31 bits per heavy atom. The largest absolute Gasteiger partial charge is 0.327 e. The molecule has 0 atom stereocenters. The third-order valence-electron chi connectivity index (χ3n) is 1.53. The molecule has 0 aliphatic heterocycles. The Labute approximate surface area is 81.8 Å². The monoisotopic (exact) mass is 197 g/mol. The molecular formula is C10H12FNS. The highest BCUT2D eigenvalue weighted by atomic mass is 32.2. The van der Waals surface area contributed by atoms with Crippen LogP contribution in [0, 0.1) is 5.82 Å². The highest BCUT2D eigenvalue weighted by Gasteiger charge is 1.96. The molecule has 0 aliphatic rings. The van der Waals surface area contributed by atoms with E-state index in [0.717, 1.165) is 16.2 Å². The van der Waals surface area contributed by atoms with E-state index in [9.17, 15) is 4.39 Å². The topological polar surface area (TPSA) is 26.0 Å². The fourth-order valence-corrected chi connectivity index (χ4v) is 1.66. The van der Waals surface area contributed by atoms with Gasteiger partial charge in [0.25, 0.3) is 0 Å². The summed E-state index contributed by atoms with van der Waals surface area (Å²) >= 11 is 1.55. The minimum absolute atomic E-state index is 0.205. The SMILES string of the molecule is C=C(CN)CSc1cccc(F)c1. The summed E-state index contributed by atoms with van der Waals surface area (Å²) in [7, 11) is 0. The van der Waals surface area contributed by atoms with Crippen molar-refractivity contribution in [3.8, 4) is 0 Å². The Balaban J connectivity index is 2.50. The molecule has 0 saturated carbocycles. The average molecular weight is 197 g/mol. The van der Waals surface area contributed by atoms with Gasteiger partial charge < -0.3 is 5.73 Å². The molecule has 0 heterocycles. The van der Waals surface area contributed by atoms with Crippen molar-refractivity contribution in [2.45, 2.75) is 4.90 Å². The maximum atomic E-state index is 12.7. The van der Waals surface area contributed by atoms with Crippen LogP contribution in [0.4, 0.5) is 4.39 Å². The van der Waals surface area contributed by atoms with E-state index in [1.807, 2.05) is 6.07 Å². The lowest BCUT2D eigenvalue weighted by Gasteiger charge is -2.02. The molecule has 1 aromatic carbocycles. The van der Waals surface area contributed by atoms with Crippen LogP contribution in [-0.2, 0) is 0 Å². The van der Waals surface area contributed by atoms with E-state index in [1.54, 1.807) is 17.8 Å². The standard InChI is InChI=1S/C10H12FNS/c1-8(6-12)7-13-10-4-2-3-9(11)5-10/h2-5H,1,6-7,12H2. The van der Waals surface area contributed by atoms with Crippen LogP contribution in [-0.4, -0.2) is 12.3 Å². The summed E-state index contributed by atoms with van der Waals surface area (Å²) < 4.78 is 12.7. The smallest absolute Gasteiger partial charge is 0.124 e. The maximum absolute atomic E-state index is 12.7. The van der Waals surface area contributed by atoms with Gasteiger partial charge >= 0.3 is 0 Å². The number of hydrogen-bond acceptors (Lipinski definition) is 2. The third kappa shape index (κ3) is 3.61. The number of thioether (sulfide) groups is 1. The van der Waals surface area contributed by atoms with Crippen molar-refractivity contribution in [2.24, 2.45) is 5.73 Å². The van der Waals surface area contributed by atoms with Crippen molar-refractivity contribution in [1.82, 2.24) is 0 Å². The molecule has 3 heteroatoms. The highest BCUT2D eigenvalue weighted by Crippen LogP contribution is 2.20. The van der Waals surface area contributed by atoms with Gasteiger partial charge in [0, 0.05) is 17.2 Å². The zero-order valence-corrected chi connectivity index (χ0v) is 8.11. The fourth-order valence-electron chi connectivity index (χ4n) is 0.801. The van der Waals surface area contributed by atoms with E-state index in [0.29, 0.717) is 6.54 Å². The first-order chi connectivity index (χ1) is 6.22. The van der Waals surface area contributed by atoms with Crippen LogP contribution in [0.3, 0.4) is 0 Å². The first-order valence-electron chi connectivity index (χ1n) is 3.97. The summed E-state index contributed by atoms with van der Waals surface area (Å²) in [6.07, 6.45) is 0. The molecular weight excluding hydrogens is 185 g/mol. The number of hydrogen-bond donors (Lipinski definition) is 1. The normalized spacial score (nSPS) is 10.0. The lowest BCUT2D eigenvalue weighted by molar-refractivity contribution is 0.624. The average Bonchev–Trinajstić information content (AvgIpc) is 2.14. The van der Waals surface area contributed by atoms with Crippen LogP contribution >= 0.6 is 11.8 Å². The zero-order chi connectivity index (χ0) is 9.68. The van der Waals surface area contributed by atoms with Crippen molar-refractivity contribution in [3.05, 3.63) is 42.2 Å². The Kier molecular flexibility index (Phi) is 3.99. The highest BCUT2D eigenvalue weighted by molar-refractivity contribution is 7.99. The summed E-state index contributed by atoms with van der Waals surface area (Å²) in [6.45, 7) is 4.26. The van der Waals surface area contributed by atoms with Crippen molar-refractivity contribution < 1.29 is 4.39 Å². The van der Waals surface area contributed by atoms with Gasteiger partial charge in [0.15, 0.2) is 0 Å². The van der Waals surface area contributed by atoms with E-state index >= 15 is 0 Å². The van der Waals surface area contributed by atoms with Crippen LogP contribution in [0.5, 0.6) is 0 Å². The van der Waals surface area contributed by atoms with E-state index in [1.165, 1.54) is 12.1 Å². The molecule has 0 saturated heterocycles.